The number of hydrogen-bond acceptors (Lipinski definition) is 2. The molecule has 1 atom stereocenters. The summed E-state index contributed by atoms with van der Waals surface area (Å²) in [4.78, 5) is 1.31. The minimum atomic E-state index is 0.0532. The quantitative estimate of drug-likeness (QED) is 0.818. The topological polar surface area (TPSA) is 26.0 Å². The van der Waals surface area contributed by atoms with E-state index in [9.17, 15) is 0 Å². The predicted octanol–water partition coefficient (Wildman–Crippen LogP) is 4.82. The van der Waals surface area contributed by atoms with Crippen molar-refractivity contribution in [2.75, 3.05) is 0 Å². The van der Waals surface area contributed by atoms with Crippen molar-refractivity contribution in [3.63, 3.8) is 0 Å². The van der Waals surface area contributed by atoms with Gasteiger partial charge in [-0.15, -0.1) is 11.3 Å². The van der Waals surface area contributed by atoms with Crippen LogP contribution in [0.15, 0.2) is 38.6 Å². The van der Waals surface area contributed by atoms with Crippen molar-refractivity contribution in [2.24, 2.45) is 5.73 Å². The molecule has 0 bridgehead atoms. The first-order chi connectivity index (χ1) is 8.06. The molecule has 1 nitrogen and oxygen atoms in total. The smallest absolute Gasteiger partial charge is 0.0701 e. The van der Waals surface area contributed by atoms with Crippen LogP contribution < -0.4 is 5.73 Å². The van der Waals surface area contributed by atoms with Crippen molar-refractivity contribution in [1.82, 2.24) is 0 Å². The van der Waals surface area contributed by atoms with E-state index < -0.39 is 0 Å². The lowest BCUT2D eigenvalue weighted by molar-refractivity contribution is 0.729. The zero-order valence-electron chi connectivity index (χ0n) is 9.41. The fraction of sp³-hybridized carbons (Fsp3) is 0.231. The fourth-order valence-corrected chi connectivity index (χ4v) is 3.57. The van der Waals surface area contributed by atoms with Gasteiger partial charge in [0.25, 0.3) is 0 Å². The molecule has 0 fully saturated rings. The number of aryl methyl sites for hydroxylation is 1. The molecule has 0 radical (unpaired) electrons. The third kappa shape index (κ3) is 3.41. The monoisotopic (exact) mass is 373 g/mol. The van der Waals surface area contributed by atoms with Crippen LogP contribution in [0.25, 0.3) is 0 Å². The Bertz CT molecular complexity index is 522. The zero-order valence-corrected chi connectivity index (χ0v) is 13.4. The normalized spacial score (nSPS) is 12.7. The van der Waals surface area contributed by atoms with E-state index in [-0.39, 0.29) is 6.04 Å². The lowest BCUT2D eigenvalue weighted by Crippen LogP contribution is -2.12. The molecule has 0 aliphatic rings. The van der Waals surface area contributed by atoms with Crippen LogP contribution in [-0.4, -0.2) is 0 Å². The number of nitrogens with two attached hydrogens (primary N) is 1. The predicted molar refractivity (Wildman–Crippen MR) is 81.5 cm³/mol. The first kappa shape index (κ1) is 13.3. The van der Waals surface area contributed by atoms with Gasteiger partial charge < -0.3 is 5.73 Å². The molecule has 2 aromatic rings. The van der Waals surface area contributed by atoms with E-state index >= 15 is 0 Å². The summed E-state index contributed by atoms with van der Waals surface area (Å²) < 4.78 is 2.28. The van der Waals surface area contributed by atoms with Crippen molar-refractivity contribution in [2.45, 2.75) is 19.4 Å². The van der Waals surface area contributed by atoms with Crippen LogP contribution in [0.5, 0.6) is 0 Å². The van der Waals surface area contributed by atoms with Crippen LogP contribution >= 0.6 is 43.2 Å². The van der Waals surface area contributed by atoms with E-state index in [0.717, 1.165) is 14.7 Å². The maximum atomic E-state index is 6.23. The van der Waals surface area contributed by atoms with Gasteiger partial charge in [-0.3, -0.25) is 0 Å². The minimum absolute atomic E-state index is 0.0532. The number of rotatable bonds is 3. The molecule has 0 aliphatic heterocycles. The lowest BCUT2D eigenvalue weighted by atomic mass is 10.0. The van der Waals surface area contributed by atoms with Crippen molar-refractivity contribution in [3.8, 4) is 0 Å². The standard InChI is InChI=1S/C13H13Br2NS/c1-8-2-3-9(6-11(8)14)12(16)7-10-4-5-13(15)17-10/h2-6,12H,7,16H2,1H3. The van der Waals surface area contributed by atoms with Crippen LogP contribution in [0, 0.1) is 6.92 Å². The molecule has 1 heterocycles. The maximum absolute atomic E-state index is 6.23. The van der Waals surface area contributed by atoms with E-state index in [1.54, 1.807) is 11.3 Å². The number of halogens is 2. The van der Waals surface area contributed by atoms with Gasteiger partial charge in [-0.25, -0.2) is 0 Å². The maximum Gasteiger partial charge on any atom is 0.0701 e. The number of benzene rings is 1. The Balaban J connectivity index is 2.14. The van der Waals surface area contributed by atoms with Crippen molar-refractivity contribution < 1.29 is 0 Å². The molecule has 0 saturated carbocycles. The second-order valence-corrected chi connectivity index (χ2v) is 7.43. The van der Waals surface area contributed by atoms with Gasteiger partial charge in [-0.2, -0.15) is 0 Å². The summed E-state index contributed by atoms with van der Waals surface area (Å²) in [6.07, 6.45) is 0.881. The average molecular weight is 375 g/mol. The molecule has 90 valence electrons. The van der Waals surface area contributed by atoms with Gasteiger partial charge in [0.05, 0.1) is 3.79 Å². The molecule has 1 aromatic carbocycles. The second kappa shape index (κ2) is 5.65. The molecular weight excluding hydrogens is 362 g/mol. The highest BCUT2D eigenvalue weighted by atomic mass is 79.9. The van der Waals surface area contributed by atoms with Gasteiger partial charge in [-0.1, -0.05) is 28.1 Å². The third-order valence-corrected chi connectivity index (χ3v) is 5.17. The van der Waals surface area contributed by atoms with Crippen molar-refractivity contribution >= 4 is 43.2 Å². The van der Waals surface area contributed by atoms with Gasteiger partial charge in [0.15, 0.2) is 0 Å². The fourth-order valence-electron chi connectivity index (χ4n) is 1.64. The molecule has 1 unspecified atom stereocenters. The lowest BCUT2D eigenvalue weighted by Gasteiger charge is -2.12. The molecule has 2 N–H and O–H groups in total. The van der Waals surface area contributed by atoms with Gasteiger partial charge in [0, 0.05) is 21.8 Å². The summed E-state index contributed by atoms with van der Waals surface area (Å²) >= 11 is 8.76. The molecule has 0 spiro atoms. The second-order valence-electron chi connectivity index (χ2n) is 4.03. The zero-order chi connectivity index (χ0) is 12.4. The Morgan fingerprint density at radius 2 is 2.00 bits per heavy atom. The van der Waals surface area contributed by atoms with E-state index in [0.29, 0.717) is 0 Å². The van der Waals surface area contributed by atoms with E-state index in [2.05, 4.69) is 69.1 Å². The largest absolute Gasteiger partial charge is 0.324 e. The molecule has 4 heteroatoms. The summed E-state index contributed by atoms with van der Waals surface area (Å²) in [5.74, 6) is 0. The molecular formula is C13H13Br2NS. The summed E-state index contributed by atoms with van der Waals surface area (Å²) in [5.41, 5.74) is 8.63. The van der Waals surface area contributed by atoms with Gasteiger partial charge in [-0.05, 0) is 52.2 Å². The first-order valence-corrected chi connectivity index (χ1v) is 7.72. The molecule has 17 heavy (non-hydrogen) atoms. The average Bonchev–Trinajstić information content (AvgIpc) is 2.68. The highest BCUT2D eigenvalue weighted by molar-refractivity contribution is 9.11. The number of hydrogen-bond donors (Lipinski definition) is 1. The van der Waals surface area contributed by atoms with Crippen LogP contribution in [0.3, 0.4) is 0 Å². The Labute approximate surface area is 122 Å². The van der Waals surface area contributed by atoms with Crippen molar-refractivity contribution in [3.05, 3.63) is 54.6 Å². The van der Waals surface area contributed by atoms with Gasteiger partial charge >= 0.3 is 0 Å². The minimum Gasteiger partial charge on any atom is -0.324 e. The van der Waals surface area contributed by atoms with Gasteiger partial charge in [0.1, 0.15) is 0 Å². The van der Waals surface area contributed by atoms with Gasteiger partial charge in [0.2, 0.25) is 0 Å². The highest BCUT2D eigenvalue weighted by Crippen LogP contribution is 2.27. The SMILES string of the molecule is Cc1ccc(C(N)Cc2ccc(Br)s2)cc1Br. The summed E-state index contributed by atoms with van der Waals surface area (Å²) in [5, 5.41) is 0. The summed E-state index contributed by atoms with van der Waals surface area (Å²) in [6.45, 7) is 2.08. The van der Waals surface area contributed by atoms with Crippen LogP contribution in [-0.2, 0) is 6.42 Å². The Kier molecular flexibility index (Phi) is 4.42. The molecule has 0 aliphatic carbocycles. The third-order valence-electron chi connectivity index (χ3n) is 2.67. The molecule has 0 saturated heterocycles. The number of thiophene rings is 1. The molecule has 1 aromatic heterocycles. The van der Waals surface area contributed by atoms with Crippen LogP contribution in [0.2, 0.25) is 0 Å². The highest BCUT2D eigenvalue weighted by Gasteiger charge is 2.09. The Morgan fingerprint density at radius 1 is 1.24 bits per heavy atom. The first-order valence-electron chi connectivity index (χ1n) is 5.32. The van der Waals surface area contributed by atoms with Crippen LogP contribution in [0.1, 0.15) is 22.0 Å². The van der Waals surface area contributed by atoms with E-state index in [4.69, 9.17) is 5.73 Å². The molecule has 0 amide bonds. The van der Waals surface area contributed by atoms with E-state index in [1.807, 2.05) is 0 Å². The summed E-state index contributed by atoms with van der Waals surface area (Å²) in [7, 11) is 0. The van der Waals surface area contributed by atoms with Crippen LogP contribution in [0.4, 0.5) is 0 Å². The Hall–Kier alpha value is -0.160. The van der Waals surface area contributed by atoms with Crippen molar-refractivity contribution in [1.29, 1.82) is 0 Å². The molecule has 2 rings (SSSR count). The Morgan fingerprint density at radius 3 is 2.59 bits per heavy atom. The van der Waals surface area contributed by atoms with E-state index in [1.165, 1.54) is 16.0 Å². The summed E-state index contributed by atoms with van der Waals surface area (Å²) in [6, 6.07) is 10.6.